The maximum atomic E-state index is 12.9. The number of hydrogen-bond acceptors (Lipinski definition) is 4. The number of carbonyl (C=O) groups excluding carboxylic acids is 2. The van der Waals surface area contributed by atoms with Crippen LogP contribution >= 0.6 is 11.8 Å². The second kappa shape index (κ2) is 8.55. The van der Waals surface area contributed by atoms with Gasteiger partial charge in [0.15, 0.2) is 5.17 Å². The minimum atomic E-state index is -0.338. The summed E-state index contributed by atoms with van der Waals surface area (Å²) in [5, 5.41) is 3.28. The molecule has 0 aromatic heterocycles. The van der Waals surface area contributed by atoms with Crippen molar-refractivity contribution >= 4 is 34.4 Å². The fourth-order valence-corrected chi connectivity index (χ4v) is 4.10. The van der Waals surface area contributed by atoms with Crippen LogP contribution in [0.4, 0.5) is 5.69 Å². The van der Waals surface area contributed by atoms with E-state index < -0.39 is 0 Å². The van der Waals surface area contributed by atoms with E-state index in [1.165, 1.54) is 17.3 Å². The molecule has 0 saturated carbocycles. The molecule has 0 N–H and O–H groups in total. The van der Waals surface area contributed by atoms with Gasteiger partial charge in [-0.25, -0.2) is 4.99 Å². The quantitative estimate of drug-likeness (QED) is 0.340. The summed E-state index contributed by atoms with van der Waals surface area (Å²) in [6.45, 7) is 2.05. The van der Waals surface area contributed by atoms with Crippen molar-refractivity contribution in [1.82, 2.24) is 10.0 Å². The number of carbonyl (C=O) groups is 2. The molecule has 0 fully saturated rings. The molecular weight excluding hydrogens is 394 g/mol. The van der Waals surface area contributed by atoms with Gasteiger partial charge in [-0.05, 0) is 36.8 Å². The number of hydrazine groups is 1. The third kappa shape index (κ3) is 4.00. The average molecular weight is 416 g/mol. The Hall–Kier alpha value is -3.38. The molecule has 150 valence electrons. The van der Waals surface area contributed by atoms with Crippen molar-refractivity contribution in [3.8, 4) is 0 Å². The van der Waals surface area contributed by atoms with Gasteiger partial charge in [0.25, 0.3) is 11.8 Å². The molecule has 0 radical (unpaired) electrons. The number of aryl methyl sites for hydroxylation is 1. The van der Waals surface area contributed by atoms with Crippen molar-refractivity contribution < 1.29 is 9.59 Å². The van der Waals surface area contributed by atoms with Crippen LogP contribution in [-0.4, -0.2) is 34.0 Å². The number of rotatable bonds is 4. The van der Waals surface area contributed by atoms with Crippen LogP contribution in [0.25, 0.3) is 0 Å². The molecule has 1 aliphatic heterocycles. The third-order valence-corrected chi connectivity index (χ3v) is 5.91. The van der Waals surface area contributed by atoms with Gasteiger partial charge in [-0.1, -0.05) is 71.9 Å². The standard InChI is InChI=1S/C24H21N3O2S/c1-17-12-14-18(15-13-17)16-30-24(25-19-8-4-3-5-9-19)26(2)27-22(28)20-10-6-7-11-21(20)23(27)29/h3-15H,16H2,1-2H3. The van der Waals surface area contributed by atoms with Crippen LogP contribution in [0.5, 0.6) is 0 Å². The monoisotopic (exact) mass is 415 g/mol. The summed E-state index contributed by atoms with van der Waals surface area (Å²) in [5.74, 6) is -0.0102. The van der Waals surface area contributed by atoms with Gasteiger partial charge in [-0.3, -0.25) is 14.6 Å². The molecule has 6 heteroatoms. The highest BCUT2D eigenvalue weighted by Gasteiger charge is 2.39. The van der Waals surface area contributed by atoms with Gasteiger partial charge in [0.1, 0.15) is 0 Å². The number of nitrogens with zero attached hydrogens (tertiary/aromatic N) is 3. The summed E-state index contributed by atoms with van der Waals surface area (Å²) in [6, 6.07) is 24.7. The molecular formula is C24H21N3O2S. The Balaban J connectivity index is 1.63. The fraction of sp³-hybridized carbons (Fsp3) is 0.125. The lowest BCUT2D eigenvalue weighted by Gasteiger charge is -2.28. The summed E-state index contributed by atoms with van der Waals surface area (Å²) < 4.78 is 0. The van der Waals surface area contributed by atoms with Crippen LogP contribution in [0, 0.1) is 6.92 Å². The van der Waals surface area contributed by atoms with Crippen molar-refractivity contribution in [1.29, 1.82) is 0 Å². The first kappa shape index (κ1) is 19.9. The predicted octanol–water partition coefficient (Wildman–Crippen LogP) is 5.06. The van der Waals surface area contributed by atoms with Gasteiger partial charge >= 0.3 is 0 Å². The molecule has 0 unspecified atom stereocenters. The summed E-state index contributed by atoms with van der Waals surface area (Å²) >= 11 is 1.48. The molecule has 5 nitrogen and oxygen atoms in total. The van der Waals surface area contributed by atoms with Gasteiger partial charge in [0.05, 0.1) is 16.8 Å². The number of para-hydroxylation sites is 1. The van der Waals surface area contributed by atoms with Gasteiger partial charge in [-0.2, -0.15) is 5.01 Å². The first-order valence-electron chi connectivity index (χ1n) is 9.58. The SMILES string of the molecule is Cc1ccc(CSC(=Nc2ccccc2)N(C)N2C(=O)c3ccccc3C2=O)cc1. The van der Waals surface area contributed by atoms with Crippen molar-refractivity contribution in [2.75, 3.05) is 7.05 Å². The van der Waals surface area contributed by atoms with Crippen LogP contribution in [0.1, 0.15) is 31.8 Å². The second-order valence-corrected chi connectivity index (χ2v) is 7.94. The number of aliphatic imine (C=N–C) groups is 1. The van der Waals surface area contributed by atoms with E-state index in [1.807, 2.05) is 30.3 Å². The van der Waals surface area contributed by atoms with E-state index in [0.717, 1.165) is 16.3 Å². The number of amidine groups is 1. The van der Waals surface area contributed by atoms with Crippen molar-refractivity contribution in [3.05, 3.63) is 101 Å². The molecule has 0 saturated heterocycles. The Bertz CT molecular complexity index is 1080. The molecule has 1 heterocycles. The van der Waals surface area contributed by atoms with Crippen molar-refractivity contribution in [3.63, 3.8) is 0 Å². The Morgan fingerprint density at radius 1 is 0.867 bits per heavy atom. The Labute approximate surface area is 180 Å². The number of imide groups is 1. The highest BCUT2D eigenvalue weighted by atomic mass is 32.2. The normalized spacial score (nSPS) is 13.5. The number of amides is 2. The van der Waals surface area contributed by atoms with Gasteiger partial charge in [0, 0.05) is 12.8 Å². The van der Waals surface area contributed by atoms with Gasteiger partial charge < -0.3 is 0 Å². The van der Waals surface area contributed by atoms with E-state index in [0.29, 0.717) is 22.0 Å². The zero-order chi connectivity index (χ0) is 21.1. The maximum Gasteiger partial charge on any atom is 0.280 e. The summed E-state index contributed by atoms with van der Waals surface area (Å²) in [6.07, 6.45) is 0. The lowest BCUT2D eigenvalue weighted by Crippen LogP contribution is -2.46. The summed E-state index contributed by atoms with van der Waals surface area (Å²) in [4.78, 5) is 30.6. The lowest BCUT2D eigenvalue weighted by molar-refractivity contribution is 0.0369. The van der Waals surface area contributed by atoms with Gasteiger partial charge in [0.2, 0.25) is 0 Å². The van der Waals surface area contributed by atoms with Crippen LogP contribution in [0.3, 0.4) is 0 Å². The minimum absolute atomic E-state index is 0.338. The summed E-state index contributed by atoms with van der Waals surface area (Å²) in [5.41, 5.74) is 3.92. The van der Waals surface area contributed by atoms with Crippen LogP contribution in [0.2, 0.25) is 0 Å². The molecule has 0 aliphatic carbocycles. The Kier molecular flexibility index (Phi) is 5.68. The number of fused-ring (bicyclic) bond motifs is 1. The predicted molar refractivity (Wildman–Crippen MR) is 121 cm³/mol. The van der Waals surface area contributed by atoms with Crippen molar-refractivity contribution in [2.45, 2.75) is 12.7 Å². The largest absolute Gasteiger partial charge is 0.280 e. The summed E-state index contributed by atoms with van der Waals surface area (Å²) in [7, 11) is 1.70. The average Bonchev–Trinajstić information content (AvgIpc) is 3.03. The number of benzene rings is 3. The van der Waals surface area contributed by atoms with Crippen LogP contribution < -0.4 is 0 Å². The first-order valence-corrected chi connectivity index (χ1v) is 10.6. The topological polar surface area (TPSA) is 53.0 Å². The van der Waals surface area contributed by atoms with E-state index in [-0.39, 0.29) is 11.8 Å². The van der Waals surface area contributed by atoms with Gasteiger partial charge in [-0.15, -0.1) is 0 Å². The van der Waals surface area contributed by atoms with E-state index in [2.05, 4.69) is 31.2 Å². The molecule has 1 aliphatic rings. The Morgan fingerprint density at radius 2 is 1.43 bits per heavy atom. The van der Waals surface area contributed by atoms with E-state index in [4.69, 9.17) is 4.99 Å². The molecule has 0 bridgehead atoms. The highest BCUT2D eigenvalue weighted by molar-refractivity contribution is 8.13. The molecule has 30 heavy (non-hydrogen) atoms. The lowest BCUT2D eigenvalue weighted by atomic mass is 10.1. The van der Waals surface area contributed by atoms with Crippen LogP contribution in [-0.2, 0) is 5.75 Å². The smallest absolute Gasteiger partial charge is 0.267 e. The molecule has 3 aromatic carbocycles. The Morgan fingerprint density at radius 3 is 2.03 bits per heavy atom. The maximum absolute atomic E-state index is 12.9. The molecule has 4 rings (SSSR count). The fourth-order valence-electron chi connectivity index (χ4n) is 3.18. The zero-order valence-electron chi connectivity index (χ0n) is 16.8. The molecule has 2 amide bonds. The minimum Gasteiger partial charge on any atom is -0.267 e. The van der Waals surface area contributed by atoms with E-state index in [9.17, 15) is 9.59 Å². The highest BCUT2D eigenvalue weighted by Crippen LogP contribution is 2.27. The third-order valence-electron chi connectivity index (χ3n) is 4.82. The van der Waals surface area contributed by atoms with E-state index >= 15 is 0 Å². The first-order chi connectivity index (χ1) is 14.5. The number of thioether (sulfide) groups is 1. The zero-order valence-corrected chi connectivity index (χ0v) is 17.6. The van der Waals surface area contributed by atoms with Crippen molar-refractivity contribution in [2.24, 2.45) is 4.99 Å². The molecule has 0 atom stereocenters. The van der Waals surface area contributed by atoms with E-state index in [1.54, 1.807) is 36.3 Å². The molecule has 3 aromatic rings. The second-order valence-electron chi connectivity index (χ2n) is 7.00. The van der Waals surface area contributed by atoms with Crippen LogP contribution in [0.15, 0.2) is 83.9 Å². The number of hydrogen-bond donors (Lipinski definition) is 0. The molecule has 0 spiro atoms.